The van der Waals surface area contributed by atoms with E-state index in [0.717, 1.165) is 12.8 Å². The van der Waals surface area contributed by atoms with Crippen LogP contribution < -0.4 is 0 Å². The van der Waals surface area contributed by atoms with Crippen LogP contribution >= 0.6 is 0 Å². The summed E-state index contributed by atoms with van der Waals surface area (Å²) in [5.41, 5.74) is 1.53. The normalized spacial score (nSPS) is 10.9. The van der Waals surface area contributed by atoms with Gasteiger partial charge < -0.3 is 9.52 Å². The maximum atomic E-state index is 10.8. The average molecular weight is 247 g/mol. The van der Waals surface area contributed by atoms with Crippen LogP contribution in [-0.2, 0) is 6.42 Å². The van der Waals surface area contributed by atoms with Crippen molar-refractivity contribution in [2.75, 3.05) is 0 Å². The van der Waals surface area contributed by atoms with E-state index in [2.05, 4.69) is 11.9 Å². The van der Waals surface area contributed by atoms with Crippen LogP contribution in [-0.4, -0.2) is 16.1 Å². The van der Waals surface area contributed by atoms with Gasteiger partial charge in [0.15, 0.2) is 11.5 Å². The molecule has 0 unspecified atom stereocenters. The van der Waals surface area contributed by atoms with E-state index in [1.807, 2.05) is 0 Å². The van der Waals surface area contributed by atoms with E-state index in [1.54, 1.807) is 12.1 Å². The summed E-state index contributed by atoms with van der Waals surface area (Å²) in [6.45, 7) is 2.17. The maximum Gasteiger partial charge on any atom is 0.335 e. The highest BCUT2D eigenvalue weighted by molar-refractivity contribution is 5.91. The number of rotatable bonds is 6. The van der Waals surface area contributed by atoms with E-state index in [-0.39, 0.29) is 5.56 Å². The molecule has 0 saturated carbocycles. The quantitative estimate of drug-likeness (QED) is 0.791. The summed E-state index contributed by atoms with van der Waals surface area (Å²) in [7, 11) is 0. The van der Waals surface area contributed by atoms with Gasteiger partial charge in [-0.15, -0.1) is 0 Å². The summed E-state index contributed by atoms with van der Waals surface area (Å²) in [4.78, 5) is 15.2. The molecule has 0 aliphatic rings. The molecule has 2 aromatic rings. The van der Waals surface area contributed by atoms with Crippen LogP contribution in [0.3, 0.4) is 0 Å². The molecule has 1 aromatic heterocycles. The van der Waals surface area contributed by atoms with E-state index in [0.29, 0.717) is 17.0 Å². The van der Waals surface area contributed by atoms with Crippen LogP contribution in [0.15, 0.2) is 22.6 Å². The summed E-state index contributed by atoms with van der Waals surface area (Å²) >= 11 is 0. The Bertz CT molecular complexity index is 545. The first-order valence-electron chi connectivity index (χ1n) is 6.33. The number of hydrogen-bond donors (Lipinski definition) is 1. The zero-order chi connectivity index (χ0) is 13.0. The third kappa shape index (κ3) is 2.88. The highest BCUT2D eigenvalue weighted by Gasteiger charge is 2.09. The molecule has 2 rings (SSSR count). The van der Waals surface area contributed by atoms with Crippen LogP contribution in [0.2, 0.25) is 0 Å². The Morgan fingerprint density at radius 3 is 2.89 bits per heavy atom. The van der Waals surface area contributed by atoms with Crippen LogP contribution in [0.4, 0.5) is 0 Å². The fourth-order valence-corrected chi connectivity index (χ4v) is 1.92. The number of carbonyl (C=O) groups is 1. The molecule has 0 bridgehead atoms. The number of benzene rings is 1. The third-order valence-corrected chi connectivity index (χ3v) is 2.92. The SMILES string of the molecule is CCCCCCc1nc2cc(C(=O)O)ccc2o1. The minimum Gasteiger partial charge on any atom is -0.478 e. The van der Waals surface area contributed by atoms with E-state index < -0.39 is 5.97 Å². The van der Waals surface area contributed by atoms with Crippen molar-refractivity contribution in [1.82, 2.24) is 4.98 Å². The highest BCUT2D eigenvalue weighted by Crippen LogP contribution is 2.18. The van der Waals surface area contributed by atoms with Crippen LogP contribution in [0.1, 0.15) is 48.9 Å². The number of carboxylic acids is 1. The molecule has 4 heteroatoms. The zero-order valence-electron chi connectivity index (χ0n) is 10.5. The summed E-state index contributed by atoms with van der Waals surface area (Å²) in [6.07, 6.45) is 5.48. The van der Waals surface area contributed by atoms with Gasteiger partial charge in [0.25, 0.3) is 0 Å². The fraction of sp³-hybridized carbons (Fsp3) is 0.429. The second-order valence-electron chi connectivity index (χ2n) is 4.41. The van der Waals surface area contributed by atoms with E-state index in [9.17, 15) is 4.79 Å². The predicted molar refractivity (Wildman–Crippen MR) is 68.8 cm³/mol. The molecule has 0 aliphatic heterocycles. The van der Waals surface area contributed by atoms with Crippen molar-refractivity contribution in [2.45, 2.75) is 39.0 Å². The number of oxazole rings is 1. The van der Waals surface area contributed by atoms with Gasteiger partial charge in [-0.05, 0) is 24.6 Å². The molecule has 96 valence electrons. The number of hydrogen-bond acceptors (Lipinski definition) is 3. The fourth-order valence-electron chi connectivity index (χ4n) is 1.92. The lowest BCUT2D eigenvalue weighted by Crippen LogP contribution is -1.94. The van der Waals surface area contributed by atoms with Gasteiger partial charge in [0.2, 0.25) is 0 Å². The molecule has 0 atom stereocenters. The summed E-state index contributed by atoms with van der Waals surface area (Å²) in [5, 5.41) is 8.89. The second kappa shape index (κ2) is 5.67. The van der Waals surface area contributed by atoms with Gasteiger partial charge in [0.05, 0.1) is 5.56 Å². The summed E-state index contributed by atoms with van der Waals surface area (Å²) in [6, 6.07) is 4.76. The lowest BCUT2D eigenvalue weighted by Gasteiger charge is -1.94. The minimum atomic E-state index is -0.940. The van der Waals surface area contributed by atoms with Crippen LogP contribution in [0, 0.1) is 0 Å². The van der Waals surface area contributed by atoms with Crippen molar-refractivity contribution in [3.63, 3.8) is 0 Å². The van der Waals surface area contributed by atoms with Gasteiger partial charge in [-0.2, -0.15) is 0 Å². The third-order valence-electron chi connectivity index (χ3n) is 2.92. The lowest BCUT2D eigenvalue weighted by molar-refractivity contribution is 0.0697. The molecule has 0 saturated heterocycles. The molecule has 1 aromatic carbocycles. The monoisotopic (exact) mass is 247 g/mol. The highest BCUT2D eigenvalue weighted by atomic mass is 16.4. The van der Waals surface area contributed by atoms with Crippen molar-refractivity contribution >= 4 is 17.1 Å². The molecule has 0 amide bonds. The number of aromatic carboxylic acids is 1. The van der Waals surface area contributed by atoms with Crippen molar-refractivity contribution < 1.29 is 14.3 Å². The van der Waals surface area contributed by atoms with Gasteiger partial charge in [0.1, 0.15) is 5.52 Å². The first-order valence-corrected chi connectivity index (χ1v) is 6.33. The standard InChI is InChI=1S/C14H17NO3/c1-2-3-4-5-6-13-15-11-9-10(14(16)17)7-8-12(11)18-13/h7-9H,2-6H2,1H3,(H,16,17). The van der Waals surface area contributed by atoms with Crippen molar-refractivity contribution in [3.05, 3.63) is 29.7 Å². The number of carboxylic acid groups (broad SMARTS) is 1. The lowest BCUT2D eigenvalue weighted by atomic mass is 10.1. The topological polar surface area (TPSA) is 63.3 Å². The minimum absolute atomic E-state index is 0.244. The Labute approximate surface area is 106 Å². The molecule has 0 aliphatic carbocycles. The van der Waals surface area contributed by atoms with Crippen LogP contribution in [0.25, 0.3) is 11.1 Å². The van der Waals surface area contributed by atoms with Crippen molar-refractivity contribution in [2.24, 2.45) is 0 Å². The molecular formula is C14H17NO3. The van der Waals surface area contributed by atoms with E-state index >= 15 is 0 Å². The second-order valence-corrected chi connectivity index (χ2v) is 4.41. The first-order chi connectivity index (χ1) is 8.70. The molecule has 0 radical (unpaired) electrons. The Kier molecular flexibility index (Phi) is 3.97. The van der Waals surface area contributed by atoms with Crippen LogP contribution in [0.5, 0.6) is 0 Å². The molecule has 0 spiro atoms. The summed E-state index contributed by atoms with van der Waals surface area (Å²) in [5.74, 6) is -0.243. The number of fused-ring (bicyclic) bond motifs is 1. The Balaban J connectivity index is 2.09. The molecule has 0 fully saturated rings. The first kappa shape index (κ1) is 12.6. The Hall–Kier alpha value is -1.84. The predicted octanol–water partition coefficient (Wildman–Crippen LogP) is 3.65. The Morgan fingerprint density at radius 1 is 1.33 bits per heavy atom. The van der Waals surface area contributed by atoms with Gasteiger partial charge in [-0.3, -0.25) is 0 Å². The number of aryl methyl sites for hydroxylation is 1. The van der Waals surface area contributed by atoms with Crippen molar-refractivity contribution in [3.8, 4) is 0 Å². The summed E-state index contributed by atoms with van der Waals surface area (Å²) < 4.78 is 5.58. The van der Waals surface area contributed by atoms with E-state index in [4.69, 9.17) is 9.52 Å². The molecule has 4 nitrogen and oxygen atoms in total. The number of unbranched alkanes of at least 4 members (excludes halogenated alkanes) is 3. The van der Waals surface area contributed by atoms with Gasteiger partial charge in [0, 0.05) is 6.42 Å². The number of nitrogens with zero attached hydrogens (tertiary/aromatic N) is 1. The van der Waals surface area contributed by atoms with E-state index in [1.165, 1.54) is 25.3 Å². The van der Waals surface area contributed by atoms with Gasteiger partial charge in [-0.1, -0.05) is 26.2 Å². The van der Waals surface area contributed by atoms with Crippen molar-refractivity contribution in [1.29, 1.82) is 0 Å². The Morgan fingerprint density at radius 2 is 2.17 bits per heavy atom. The zero-order valence-corrected chi connectivity index (χ0v) is 10.5. The smallest absolute Gasteiger partial charge is 0.335 e. The largest absolute Gasteiger partial charge is 0.478 e. The maximum absolute atomic E-state index is 10.8. The number of aromatic nitrogens is 1. The molecule has 1 heterocycles. The van der Waals surface area contributed by atoms with Gasteiger partial charge >= 0.3 is 5.97 Å². The molecule has 18 heavy (non-hydrogen) atoms. The van der Waals surface area contributed by atoms with Gasteiger partial charge in [-0.25, -0.2) is 9.78 Å². The average Bonchev–Trinajstić information content (AvgIpc) is 2.76. The molecule has 1 N–H and O–H groups in total. The molecular weight excluding hydrogens is 230 g/mol.